The molecule has 0 bridgehead atoms. The van der Waals surface area contributed by atoms with E-state index in [0.29, 0.717) is 30.9 Å². The number of aliphatic hydroxyl groups is 1. The van der Waals surface area contributed by atoms with E-state index in [1.165, 1.54) is 0 Å². The molecule has 0 atom stereocenters. The Kier molecular flexibility index (Phi) is 3.89. The first kappa shape index (κ1) is 14.6. The number of amides is 1. The quantitative estimate of drug-likeness (QED) is 0.895. The van der Waals surface area contributed by atoms with Gasteiger partial charge in [-0.1, -0.05) is 12.1 Å². The van der Waals surface area contributed by atoms with Crippen LogP contribution in [0, 0.1) is 0 Å². The lowest BCUT2D eigenvalue weighted by Crippen LogP contribution is -2.40. The van der Waals surface area contributed by atoms with Gasteiger partial charge >= 0.3 is 0 Å². The van der Waals surface area contributed by atoms with Gasteiger partial charge in [0.25, 0.3) is 5.91 Å². The highest BCUT2D eigenvalue weighted by Gasteiger charge is 2.38. The molecule has 1 aliphatic carbocycles. The number of carbonyl (C=O) groups is 1. The maximum absolute atomic E-state index is 12.3. The number of hydrogen-bond donors (Lipinski definition) is 2. The van der Waals surface area contributed by atoms with E-state index < -0.39 is 5.60 Å². The van der Waals surface area contributed by atoms with Crippen molar-refractivity contribution < 1.29 is 9.90 Å². The van der Waals surface area contributed by atoms with Crippen LogP contribution in [0.4, 0.5) is 5.69 Å². The van der Waals surface area contributed by atoms with Crippen molar-refractivity contribution in [3.05, 3.63) is 24.3 Å². The minimum Gasteiger partial charge on any atom is -0.380 e. The van der Waals surface area contributed by atoms with Crippen LogP contribution in [0.2, 0.25) is 0 Å². The van der Waals surface area contributed by atoms with Gasteiger partial charge in [0.05, 0.1) is 0 Å². The normalized spacial score (nSPS) is 16.6. The van der Waals surface area contributed by atoms with Gasteiger partial charge < -0.3 is 10.4 Å². The fourth-order valence-corrected chi connectivity index (χ4v) is 2.79. The number of benzene rings is 1. The molecule has 0 spiro atoms. The fraction of sp³-hybridized carbons (Fsp3) is 0.467. The van der Waals surface area contributed by atoms with Gasteiger partial charge in [-0.25, -0.2) is 4.68 Å². The third-order valence-corrected chi connectivity index (χ3v) is 4.06. The topological polar surface area (TPSA) is 92.9 Å². The van der Waals surface area contributed by atoms with Crippen LogP contribution in [0.3, 0.4) is 0 Å². The number of hydrogen-bond acceptors (Lipinski definition) is 5. The van der Waals surface area contributed by atoms with Gasteiger partial charge in [0.2, 0.25) is 0 Å². The van der Waals surface area contributed by atoms with Crippen molar-refractivity contribution in [3.8, 4) is 11.4 Å². The lowest BCUT2D eigenvalue weighted by atomic mass is 10.0. The maximum Gasteiger partial charge on any atom is 0.256 e. The SMILES string of the molecule is CCn1nnnc1-c1cccc(NC(=O)C2(O)CCCC2)c1. The lowest BCUT2D eigenvalue weighted by molar-refractivity contribution is -0.133. The minimum atomic E-state index is -1.24. The van der Waals surface area contributed by atoms with Crippen molar-refractivity contribution in [2.75, 3.05) is 5.32 Å². The predicted molar refractivity (Wildman–Crippen MR) is 81.0 cm³/mol. The van der Waals surface area contributed by atoms with Crippen LogP contribution < -0.4 is 5.32 Å². The largest absolute Gasteiger partial charge is 0.380 e. The molecule has 1 aliphatic rings. The summed E-state index contributed by atoms with van der Waals surface area (Å²) in [5.41, 5.74) is 0.220. The molecule has 1 amide bonds. The average molecular weight is 301 g/mol. The second-order valence-corrected chi connectivity index (χ2v) is 5.59. The van der Waals surface area contributed by atoms with E-state index in [9.17, 15) is 9.90 Å². The average Bonchev–Trinajstić information content (AvgIpc) is 3.16. The molecule has 22 heavy (non-hydrogen) atoms. The monoisotopic (exact) mass is 301 g/mol. The van der Waals surface area contributed by atoms with E-state index in [1.807, 2.05) is 25.1 Å². The van der Waals surface area contributed by atoms with Crippen molar-refractivity contribution in [2.45, 2.75) is 44.8 Å². The summed E-state index contributed by atoms with van der Waals surface area (Å²) in [5, 5.41) is 24.7. The van der Waals surface area contributed by atoms with Crippen LogP contribution in [-0.2, 0) is 11.3 Å². The highest BCUT2D eigenvalue weighted by molar-refractivity contribution is 5.97. The molecule has 2 aromatic rings. The van der Waals surface area contributed by atoms with E-state index in [0.717, 1.165) is 18.4 Å². The van der Waals surface area contributed by atoms with E-state index in [1.54, 1.807) is 10.7 Å². The molecule has 1 fully saturated rings. The Morgan fingerprint density at radius 2 is 2.18 bits per heavy atom. The minimum absolute atomic E-state index is 0.336. The highest BCUT2D eigenvalue weighted by atomic mass is 16.3. The van der Waals surface area contributed by atoms with Crippen molar-refractivity contribution >= 4 is 11.6 Å². The van der Waals surface area contributed by atoms with Gasteiger partial charge in [-0.05, 0) is 55.2 Å². The molecule has 1 saturated carbocycles. The first-order valence-corrected chi connectivity index (χ1v) is 7.53. The van der Waals surface area contributed by atoms with Gasteiger partial charge in [-0.2, -0.15) is 0 Å². The van der Waals surface area contributed by atoms with Gasteiger partial charge in [-0.15, -0.1) is 5.10 Å². The van der Waals surface area contributed by atoms with Crippen molar-refractivity contribution in [1.29, 1.82) is 0 Å². The Morgan fingerprint density at radius 3 is 2.91 bits per heavy atom. The lowest BCUT2D eigenvalue weighted by Gasteiger charge is -2.21. The molecule has 1 aromatic carbocycles. The van der Waals surface area contributed by atoms with E-state index in [-0.39, 0.29) is 5.91 Å². The van der Waals surface area contributed by atoms with E-state index >= 15 is 0 Å². The Morgan fingerprint density at radius 1 is 1.41 bits per heavy atom. The summed E-state index contributed by atoms with van der Waals surface area (Å²) in [5.74, 6) is 0.315. The number of rotatable bonds is 4. The summed E-state index contributed by atoms with van der Waals surface area (Å²) < 4.78 is 1.69. The first-order valence-electron chi connectivity index (χ1n) is 7.53. The van der Waals surface area contributed by atoms with Crippen LogP contribution in [0.25, 0.3) is 11.4 Å². The summed E-state index contributed by atoms with van der Waals surface area (Å²) >= 11 is 0. The Labute approximate surface area is 128 Å². The third-order valence-electron chi connectivity index (χ3n) is 4.06. The highest BCUT2D eigenvalue weighted by Crippen LogP contribution is 2.31. The Hall–Kier alpha value is -2.28. The molecule has 0 saturated heterocycles. The number of anilines is 1. The molecule has 2 N–H and O–H groups in total. The van der Waals surface area contributed by atoms with E-state index in [2.05, 4.69) is 20.8 Å². The van der Waals surface area contributed by atoms with Crippen LogP contribution >= 0.6 is 0 Å². The predicted octanol–water partition coefficient (Wildman–Crippen LogP) is 1.60. The zero-order chi connectivity index (χ0) is 15.6. The summed E-state index contributed by atoms with van der Waals surface area (Å²) in [7, 11) is 0. The first-order chi connectivity index (χ1) is 10.6. The molecule has 3 rings (SSSR count). The molecule has 0 radical (unpaired) electrons. The number of tetrazole rings is 1. The van der Waals surface area contributed by atoms with E-state index in [4.69, 9.17) is 0 Å². The smallest absolute Gasteiger partial charge is 0.256 e. The third kappa shape index (κ3) is 2.71. The summed E-state index contributed by atoms with van der Waals surface area (Å²) in [6.45, 7) is 2.62. The zero-order valence-electron chi connectivity index (χ0n) is 12.5. The zero-order valence-corrected chi connectivity index (χ0v) is 12.5. The number of aromatic nitrogens is 4. The van der Waals surface area contributed by atoms with Crippen LogP contribution in [0.15, 0.2) is 24.3 Å². The Balaban J connectivity index is 1.81. The van der Waals surface area contributed by atoms with Gasteiger partial charge in [0.1, 0.15) is 5.60 Å². The van der Waals surface area contributed by atoms with Crippen molar-refractivity contribution in [1.82, 2.24) is 20.2 Å². The number of aryl methyl sites for hydroxylation is 1. The van der Waals surface area contributed by atoms with Crippen molar-refractivity contribution in [3.63, 3.8) is 0 Å². The summed E-state index contributed by atoms with van der Waals surface area (Å²) in [6.07, 6.45) is 2.81. The summed E-state index contributed by atoms with van der Waals surface area (Å²) in [6, 6.07) is 7.32. The molecule has 0 unspecified atom stereocenters. The molecule has 7 heteroatoms. The number of nitrogens with zero attached hydrogens (tertiary/aromatic N) is 4. The van der Waals surface area contributed by atoms with Gasteiger partial charge in [-0.3, -0.25) is 4.79 Å². The second kappa shape index (κ2) is 5.84. The fourth-order valence-electron chi connectivity index (χ4n) is 2.79. The van der Waals surface area contributed by atoms with Crippen LogP contribution in [0.5, 0.6) is 0 Å². The molecular formula is C15H19N5O2. The molecule has 1 heterocycles. The number of carbonyl (C=O) groups excluding carboxylic acids is 1. The van der Waals surface area contributed by atoms with Gasteiger partial charge in [0.15, 0.2) is 5.82 Å². The standard InChI is InChI=1S/C15H19N5O2/c1-2-20-13(17-18-19-20)11-6-5-7-12(10-11)16-14(21)15(22)8-3-4-9-15/h5-7,10,22H,2-4,8-9H2,1H3,(H,16,21). The molecule has 7 nitrogen and oxygen atoms in total. The number of nitrogens with one attached hydrogen (secondary N) is 1. The molecule has 1 aromatic heterocycles. The molecular weight excluding hydrogens is 282 g/mol. The van der Waals surface area contributed by atoms with Crippen LogP contribution in [0.1, 0.15) is 32.6 Å². The second-order valence-electron chi connectivity index (χ2n) is 5.59. The van der Waals surface area contributed by atoms with Gasteiger partial charge in [0, 0.05) is 17.8 Å². The summed E-state index contributed by atoms with van der Waals surface area (Å²) in [4.78, 5) is 12.3. The molecule has 116 valence electrons. The Bertz CT molecular complexity index is 676. The molecule has 0 aliphatic heterocycles. The maximum atomic E-state index is 12.3. The van der Waals surface area contributed by atoms with Crippen LogP contribution in [-0.4, -0.2) is 36.8 Å². The van der Waals surface area contributed by atoms with Crippen molar-refractivity contribution in [2.24, 2.45) is 0 Å².